The van der Waals surface area contributed by atoms with Crippen LogP contribution in [0.4, 0.5) is 0 Å². The van der Waals surface area contributed by atoms with E-state index in [9.17, 15) is 4.79 Å². The van der Waals surface area contributed by atoms with Crippen LogP contribution in [0.2, 0.25) is 0 Å². The van der Waals surface area contributed by atoms with Gasteiger partial charge in [-0.2, -0.15) is 0 Å². The summed E-state index contributed by atoms with van der Waals surface area (Å²) in [7, 11) is 0. The second-order valence-corrected chi connectivity index (χ2v) is 4.94. The van der Waals surface area contributed by atoms with Crippen LogP contribution in [0, 0.1) is 5.92 Å². The SMILES string of the molecule is C[C@@H]1CC(=O)[C@H](C)[C@H](COCc2ccccc2)O1. The zero-order chi connectivity index (χ0) is 13.0. The topological polar surface area (TPSA) is 35.5 Å². The van der Waals surface area contributed by atoms with Gasteiger partial charge in [0, 0.05) is 12.3 Å². The molecule has 0 N–H and O–H groups in total. The molecule has 3 heteroatoms. The van der Waals surface area contributed by atoms with Crippen LogP contribution in [0.5, 0.6) is 0 Å². The van der Waals surface area contributed by atoms with Crippen LogP contribution in [-0.4, -0.2) is 24.6 Å². The third-order valence-electron chi connectivity index (χ3n) is 3.35. The summed E-state index contributed by atoms with van der Waals surface area (Å²) in [4.78, 5) is 11.7. The van der Waals surface area contributed by atoms with E-state index in [1.54, 1.807) is 0 Å². The Morgan fingerprint density at radius 3 is 2.72 bits per heavy atom. The summed E-state index contributed by atoms with van der Waals surface area (Å²) in [6, 6.07) is 10.0. The minimum absolute atomic E-state index is 0.0130. The van der Waals surface area contributed by atoms with Gasteiger partial charge in [0.25, 0.3) is 0 Å². The zero-order valence-corrected chi connectivity index (χ0v) is 11.0. The number of hydrogen-bond acceptors (Lipinski definition) is 3. The molecule has 0 spiro atoms. The van der Waals surface area contributed by atoms with Gasteiger partial charge in [-0.1, -0.05) is 37.3 Å². The molecule has 0 saturated carbocycles. The molecule has 1 aromatic rings. The van der Waals surface area contributed by atoms with Gasteiger partial charge in [-0.25, -0.2) is 0 Å². The number of rotatable bonds is 4. The molecule has 18 heavy (non-hydrogen) atoms. The molecule has 2 rings (SSSR count). The second kappa shape index (κ2) is 6.12. The number of ketones is 1. The Kier molecular flexibility index (Phi) is 4.50. The zero-order valence-electron chi connectivity index (χ0n) is 11.0. The molecule has 0 bridgehead atoms. The molecule has 1 aliphatic heterocycles. The van der Waals surface area contributed by atoms with E-state index in [4.69, 9.17) is 9.47 Å². The fourth-order valence-corrected chi connectivity index (χ4v) is 2.19. The van der Waals surface area contributed by atoms with E-state index in [2.05, 4.69) is 0 Å². The van der Waals surface area contributed by atoms with Gasteiger partial charge in [-0.3, -0.25) is 4.79 Å². The Hall–Kier alpha value is -1.19. The van der Waals surface area contributed by atoms with Gasteiger partial charge in [-0.05, 0) is 12.5 Å². The van der Waals surface area contributed by atoms with E-state index < -0.39 is 0 Å². The van der Waals surface area contributed by atoms with Gasteiger partial charge < -0.3 is 9.47 Å². The Bertz CT molecular complexity index is 388. The van der Waals surface area contributed by atoms with Crippen LogP contribution < -0.4 is 0 Å². The van der Waals surface area contributed by atoms with Crippen LogP contribution in [0.3, 0.4) is 0 Å². The number of Topliss-reactive ketones (excluding diaryl/α,β-unsaturated/α-hetero) is 1. The Morgan fingerprint density at radius 1 is 1.28 bits per heavy atom. The number of hydrogen-bond donors (Lipinski definition) is 0. The summed E-state index contributed by atoms with van der Waals surface area (Å²) >= 11 is 0. The number of benzene rings is 1. The maximum Gasteiger partial charge on any atom is 0.140 e. The average Bonchev–Trinajstić information content (AvgIpc) is 2.36. The molecule has 1 heterocycles. The molecule has 1 aromatic carbocycles. The smallest absolute Gasteiger partial charge is 0.140 e. The maximum absolute atomic E-state index is 11.7. The molecule has 98 valence electrons. The molecule has 1 saturated heterocycles. The molecular formula is C15H20O3. The van der Waals surface area contributed by atoms with Gasteiger partial charge in [0.1, 0.15) is 5.78 Å². The summed E-state index contributed by atoms with van der Waals surface area (Å²) in [6.45, 7) is 4.90. The van der Waals surface area contributed by atoms with Crippen LogP contribution in [-0.2, 0) is 20.9 Å². The van der Waals surface area contributed by atoms with E-state index in [0.717, 1.165) is 5.56 Å². The molecule has 3 atom stereocenters. The van der Waals surface area contributed by atoms with Crippen molar-refractivity contribution in [2.75, 3.05) is 6.61 Å². The van der Waals surface area contributed by atoms with E-state index in [1.807, 2.05) is 44.2 Å². The van der Waals surface area contributed by atoms with Crippen molar-refractivity contribution in [3.05, 3.63) is 35.9 Å². The van der Waals surface area contributed by atoms with Crippen molar-refractivity contribution in [3.63, 3.8) is 0 Å². The lowest BCUT2D eigenvalue weighted by Gasteiger charge is -2.32. The summed E-state index contributed by atoms with van der Waals surface area (Å²) < 4.78 is 11.4. The second-order valence-electron chi connectivity index (χ2n) is 4.94. The van der Waals surface area contributed by atoms with Crippen molar-refractivity contribution in [2.45, 2.75) is 39.1 Å². The Morgan fingerprint density at radius 2 is 2.00 bits per heavy atom. The maximum atomic E-state index is 11.7. The molecule has 0 radical (unpaired) electrons. The first kappa shape index (κ1) is 13.2. The fourth-order valence-electron chi connectivity index (χ4n) is 2.19. The summed E-state index contributed by atoms with van der Waals surface area (Å²) in [5, 5.41) is 0. The van der Waals surface area contributed by atoms with E-state index >= 15 is 0 Å². The van der Waals surface area contributed by atoms with Crippen LogP contribution in [0.25, 0.3) is 0 Å². The lowest BCUT2D eigenvalue weighted by Crippen LogP contribution is -2.41. The highest BCUT2D eigenvalue weighted by atomic mass is 16.5. The van der Waals surface area contributed by atoms with Crippen molar-refractivity contribution in [3.8, 4) is 0 Å². The van der Waals surface area contributed by atoms with E-state index in [0.29, 0.717) is 19.6 Å². The van der Waals surface area contributed by atoms with Crippen molar-refractivity contribution in [2.24, 2.45) is 5.92 Å². The highest BCUT2D eigenvalue weighted by Crippen LogP contribution is 2.22. The number of ether oxygens (including phenoxy) is 2. The molecular weight excluding hydrogens is 228 g/mol. The Balaban J connectivity index is 1.81. The standard InChI is InChI=1S/C15H20O3/c1-11-8-14(16)12(2)15(18-11)10-17-9-13-6-4-3-5-7-13/h3-7,11-12,15H,8-10H2,1-2H3/t11-,12+,15+/m1/s1. The molecule has 3 nitrogen and oxygen atoms in total. The molecule has 1 aliphatic rings. The normalized spacial score (nSPS) is 28.3. The minimum Gasteiger partial charge on any atom is -0.374 e. The number of carbonyl (C=O) groups excluding carboxylic acids is 1. The summed E-state index contributed by atoms with van der Waals surface area (Å²) in [6.07, 6.45) is 0.431. The Labute approximate surface area is 108 Å². The van der Waals surface area contributed by atoms with E-state index in [1.165, 1.54) is 0 Å². The van der Waals surface area contributed by atoms with Crippen LogP contribution in [0.1, 0.15) is 25.8 Å². The molecule has 0 aromatic heterocycles. The molecule has 0 aliphatic carbocycles. The molecule has 0 unspecified atom stereocenters. The first-order valence-corrected chi connectivity index (χ1v) is 6.46. The van der Waals surface area contributed by atoms with Gasteiger partial charge in [-0.15, -0.1) is 0 Å². The average molecular weight is 248 g/mol. The quantitative estimate of drug-likeness (QED) is 0.821. The van der Waals surface area contributed by atoms with E-state index in [-0.39, 0.29) is 23.9 Å². The minimum atomic E-state index is -0.107. The third-order valence-corrected chi connectivity index (χ3v) is 3.35. The predicted molar refractivity (Wildman–Crippen MR) is 69.2 cm³/mol. The summed E-state index contributed by atoms with van der Waals surface area (Å²) in [5.74, 6) is 0.221. The fraction of sp³-hybridized carbons (Fsp3) is 0.533. The van der Waals surface area contributed by atoms with Crippen LogP contribution >= 0.6 is 0 Å². The van der Waals surface area contributed by atoms with Gasteiger partial charge in [0.15, 0.2) is 0 Å². The van der Waals surface area contributed by atoms with Crippen molar-refractivity contribution in [1.29, 1.82) is 0 Å². The van der Waals surface area contributed by atoms with Gasteiger partial charge in [0.05, 0.1) is 25.4 Å². The first-order chi connectivity index (χ1) is 8.66. The lowest BCUT2D eigenvalue weighted by atomic mass is 9.93. The monoisotopic (exact) mass is 248 g/mol. The first-order valence-electron chi connectivity index (χ1n) is 6.46. The predicted octanol–water partition coefficient (Wildman–Crippen LogP) is 2.59. The van der Waals surface area contributed by atoms with Gasteiger partial charge in [0.2, 0.25) is 0 Å². The van der Waals surface area contributed by atoms with Crippen molar-refractivity contribution < 1.29 is 14.3 Å². The summed E-state index contributed by atoms with van der Waals surface area (Å²) in [5.41, 5.74) is 1.14. The molecule has 1 fully saturated rings. The van der Waals surface area contributed by atoms with Gasteiger partial charge >= 0.3 is 0 Å². The third kappa shape index (κ3) is 3.40. The lowest BCUT2D eigenvalue weighted by molar-refractivity contribution is -0.150. The highest BCUT2D eigenvalue weighted by Gasteiger charge is 2.32. The van der Waals surface area contributed by atoms with Crippen molar-refractivity contribution >= 4 is 5.78 Å². The van der Waals surface area contributed by atoms with Crippen molar-refractivity contribution in [1.82, 2.24) is 0 Å². The van der Waals surface area contributed by atoms with Crippen LogP contribution in [0.15, 0.2) is 30.3 Å². The number of carbonyl (C=O) groups is 1. The largest absolute Gasteiger partial charge is 0.374 e. The highest BCUT2D eigenvalue weighted by molar-refractivity contribution is 5.82. The molecule has 0 amide bonds.